The van der Waals surface area contributed by atoms with Gasteiger partial charge < -0.3 is 19.3 Å². The largest absolute Gasteiger partial charge is 0.481 e. The minimum Gasteiger partial charge on any atom is -0.481 e. The molecule has 0 aliphatic rings. The maximum atomic E-state index is 10.5. The van der Waals surface area contributed by atoms with Crippen LogP contribution in [0.25, 0.3) is 0 Å². The number of carboxylic acid groups (broad SMARTS) is 1. The van der Waals surface area contributed by atoms with Crippen molar-refractivity contribution in [2.24, 2.45) is 5.92 Å². The molecule has 120 valence electrons. The summed E-state index contributed by atoms with van der Waals surface area (Å²) in [5.74, 6) is -1.20. The van der Waals surface area contributed by atoms with Gasteiger partial charge in [-0.1, -0.05) is 13.8 Å². The molecule has 0 aromatic heterocycles. The van der Waals surface area contributed by atoms with Crippen LogP contribution >= 0.6 is 0 Å². The topological polar surface area (TPSA) is 82.1 Å². The van der Waals surface area contributed by atoms with Gasteiger partial charge in [0.1, 0.15) is 6.61 Å². The van der Waals surface area contributed by atoms with Crippen LogP contribution in [-0.2, 0) is 23.8 Å². The van der Waals surface area contributed by atoms with Gasteiger partial charge >= 0.3 is 11.9 Å². The number of hydrogen-bond acceptors (Lipinski definition) is 5. The number of aliphatic carboxylic acids is 1. The number of esters is 1. The molecule has 0 aliphatic heterocycles. The Labute approximate surface area is 121 Å². The summed E-state index contributed by atoms with van der Waals surface area (Å²) in [6.07, 6.45) is 1.04. The molecular formula is C14H28O6. The fraction of sp³-hybridized carbons (Fsp3) is 0.857. The van der Waals surface area contributed by atoms with E-state index in [1.165, 1.54) is 0 Å². The van der Waals surface area contributed by atoms with Gasteiger partial charge in [0.05, 0.1) is 12.5 Å². The lowest BCUT2D eigenvalue weighted by Crippen LogP contribution is -2.11. The lowest BCUT2D eigenvalue weighted by atomic mass is 10.1. The van der Waals surface area contributed by atoms with Gasteiger partial charge in [-0.25, -0.2) is 0 Å². The van der Waals surface area contributed by atoms with E-state index in [1.807, 2.05) is 13.8 Å². The molecule has 0 bridgehead atoms. The number of carboxylic acids is 1. The molecule has 0 saturated carbocycles. The molecule has 0 fully saturated rings. The van der Waals surface area contributed by atoms with Crippen molar-refractivity contribution in [2.45, 2.75) is 40.5 Å². The number of carbonyl (C=O) groups is 2. The molecule has 1 N–H and O–H groups in total. The molecule has 20 heavy (non-hydrogen) atoms. The molecule has 6 nitrogen and oxygen atoms in total. The quantitative estimate of drug-likeness (QED) is 0.490. The Morgan fingerprint density at radius 3 is 2.00 bits per heavy atom. The van der Waals surface area contributed by atoms with E-state index in [4.69, 9.17) is 19.3 Å². The molecule has 0 rings (SSSR count). The van der Waals surface area contributed by atoms with Crippen LogP contribution in [-0.4, -0.2) is 50.1 Å². The Balaban J connectivity index is 0. The van der Waals surface area contributed by atoms with Crippen molar-refractivity contribution in [1.82, 2.24) is 0 Å². The van der Waals surface area contributed by atoms with Crippen molar-refractivity contribution in [3.63, 3.8) is 0 Å². The van der Waals surface area contributed by atoms with E-state index < -0.39 is 5.97 Å². The van der Waals surface area contributed by atoms with E-state index in [9.17, 15) is 9.59 Å². The maximum Gasteiger partial charge on any atom is 0.306 e. The summed E-state index contributed by atoms with van der Waals surface area (Å²) in [4.78, 5) is 20.7. The molecule has 1 unspecified atom stereocenters. The molecule has 6 heteroatoms. The first-order chi connectivity index (χ1) is 9.49. The molecule has 0 heterocycles. The molecule has 0 aliphatic carbocycles. The van der Waals surface area contributed by atoms with E-state index in [0.29, 0.717) is 45.9 Å². The standard InChI is InChI=1S/2C7H14O3/c1-3-10-5-4-6(2)7(8)9;1-3-7(8)10-6-5-9-4-2/h6H,3-5H2,1-2H3,(H,8,9);3-6H2,1-2H3. The van der Waals surface area contributed by atoms with Gasteiger partial charge in [-0.3, -0.25) is 9.59 Å². The minimum absolute atomic E-state index is 0.167. The van der Waals surface area contributed by atoms with Crippen molar-refractivity contribution in [3.8, 4) is 0 Å². The van der Waals surface area contributed by atoms with E-state index >= 15 is 0 Å². The van der Waals surface area contributed by atoms with Crippen LogP contribution < -0.4 is 0 Å². The average molecular weight is 292 g/mol. The van der Waals surface area contributed by atoms with E-state index in [-0.39, 0.29) is 11.9 Å². The Hall–Kier alpha value is -1.14. The van der Waals surface area contributed by atoms with Gasteiger partial charge in [0.15, 0.2) is 0 Å². The summed E-state index contributed by atoms with van der Waals surface area (Å²) in [7, 11) is 0. The Morgan fingerprint density at radius 1 is 1.00 bits per heavy atom. The smallest absolute Gasteiger partial charge is 0.306 e. The van der Waals surface area contributed by atoms with E-state index in [0.717, 1.165) is 0 Å². The lowest BCUT2D eigenvalue weighted by molar-refractivity contribution is -0.145. The normalized spacial score (nSPS) is 11.2. The fourth-order valence-corrected chi connectivity index (χ4v) is 0.989. The predicted molar refractivity (Wildman–Crippen MR) is 75.7 cm³/mol. The summed E-state index contributed by atoms with van der Waals surface area (Å²) in [6.45, 7) is 10.0. The first-order valence-corrected chi connectivity index (χ1v) is 7.03. The molecule has 0 aromatic rings. The van der Waals surface area contributed by atoms with Crippen molar-refractivity contribution < 1.29 is 28.9 Å². The highest BCUT2D eigenvalue weighted by Crippen LogP contribution is 2.00. The Morgan fingerprint density at radius 2 is 1.55 bits per heavy atom. The SMILES string of the molecule is CCOCCC(C)C(=O)O.CCOCCOC(=O)CC. The highest BCUT2D eigenvalue weighted by molar-refractivity contribution is 5.69. The first kappa shape index (κ1) is 21.2. The third-order valence-electron chi connectivity index (χ3n) is 2.30. The molecule has 0 amide bonds. The number of carbonyl (C=O) groups excluding carboxylic acids is 1. The van der Waals surface area contributed by atoms with Crippen LogP contribution in [0.1, 0.15) is 40.5 Å². The first-order valence-electron chi connectivity index (χ1n) is 7.03. The van der Waals surface area contributed by atoms with Crippen LogP contribution in [0, 0.1) is 5.92 Å². The van der Waals surface area contributed by atoms with Crippen LogP contribution in [0.4, 0.5) is 0 Å². The molecule has 0 aromatic carbocycles. The number of rotatable bonds is 10. The van der Waals surface area contributed by atoms with Crippen molar-refractivity contribution >= 4 is 11.9 Å². The second kappa shape index (κ2) is 15.9. The molecule has 0 spiro atoms. The summed E-state index contributed by atoms with van der Waals surface area (Å²) in [5.41, 5.74) is 0. The van der Waals surface area contributed by atoms with Crippen LogP contribution in [0.15, 0.2) is 0 Å². The van der Waals surface area contributed by atoms with Crippen molar-refractivity contribution in [3.05, 3.63) is 0 Å². The fourth-order valence-electron chi connectivity index (χ4n) is 0.989. The van der Waals surface area contributed by atoms with Gasteiger partial charge in [0, 0.05) is 26.2 Å². The molecular weight excluding hydrogens is 264 g/mol. The Kier molecular flexibility index (Phi) is 16.8. The van der Waals surface area contributed by atoms with Crippen LogP contribution in [0.3, 0.4) is 0 Å². The van der Waals surface area contributed by atoms with Gasteiger partial charge in [0.2, 0.25) is 0 Å². The second-order valence-corrected chi connectivity index (χ2v) is 4.00. The second-order valence-electron chi connectivity index (χ2n) is 4.00. The predicted octanol–water partition coefficient (Wildman–Crippen LogP) is 2.11. The molecule has 1 atom stereocenters. The average Bonchev–Trinajstić information content (AvgIpc) is 2.44. The van der Waals surface area contributed by atoms with E-state index in [1.54, 1.807) is 13.8 Å². The number of hydrogen-bond donors (Lipinski definition) is 1. The van der Waals surface area contributed by atoms with Crippen LogP contribution in [0.5, 0.6) is 0 Å². The lowest BCUT2D eigenvalue weighted by Gasteiger charge is -2.04. The van der Waals surface area contributed by atoms with E-state index in [2.05, 4.69) is 0 Å². The van der Waals surface area contributed by atoms with Crippen molar-refractivity contribution in [1.29, 1.82) is 0 Å². The summed E-state index contributed by atoms with van der Waals surface area (Å²) >= 11 is 0. The molecule has 0 radical (unpaired) electrons. The monoisotopic (exact) mass is 292 g/mol. The molecule has 0 saturated heterocycles. The van der Waals surface area contributed by atoms with Gasteiger partial charge in [0.25, 0.3) is 0 Å². The summed E-state index contributed by atoms with van der Waals surface area (Å²) in [6, 6.07) is 0. The number of ether oxygens (including phenoxy) is 3. The minimum atomic E-state index is -0.750. The summed E-state index contributed by atoms with van der Waals surface area (Å²) < 4.78 is 14.7. The van der Waals surface area contributed by atoms with Crippen LogP contribution in [0.2, 0.25) is 0 Å². The highest BCUT2D eigenvalue weighted by Gasteiger charge is 2.09. The zero-order valence-electron chi connectivity index (χ0n) is 13.0. The maximum absolute atomic E-state index is 10.5. The third-order valence-corrected chi connectivity index (χ3v) is 2.30. The zero-order valence-corrected chi connectivity index (χ0v) is 13.0. The third kappa shape index (κ3) is 16.9. The zero-order chi connectivity index (χ0) is 15.8. The summed E-state index contributed by atoms with van der Waals surface area (Å²) in [5, 5.41) is 8.43. The van der Waals surface area contributed by atoms with Gasteiger partial charge in [-0.15, -0.1) is 0 Å². The highest BCUT2D eigenvalue weighted by atomic mass is 16.6. The van der Waals surface area contributed by atoms with Gasteiger partial charge in [-0.2, -0.15) is 0 Å². The van der Waals surface area contributed by atoms with Gasteiger partial charge in [-0.05, 0) is 20.3 Å². The van der Waals surface area contributed by atoms with Crippen molar-refractivity contribution in [2.75, 3.05) is 33.0 Å². The Bertz CT molecular complexity index is 240.